The average molecular weight is 276 g/mol. The van der Waals surface area contributed by atoms with Gasteiger partial charge in [0.1, 0.15) is 5.75 Å². The fraction of sp³-hybridized carbons (Fsp3) is 0.400. The first kappa shape index (κ1) is 14.0. The first-order chi connectivity index (χ1) is 9.19. The average Bonchev–Trinajstić information content (AvgIpc) is 2.84. The summed E-state index contributed by atoms with van der Waals surface area (Å²) in [4.78, 5) is 4.50. The van der Waals surface area contributed by atoms with E-state index in [0.29, 0.717) is 6.61 Å². The lowest BCUT2D eigenvalue weighted by Crippen LogP contribution is -2.18. The number of hydrogen-bond acceptors (Lipinski definition) is 4. The number of rotatable bonds is 6. The Hall–Kier alpha value is -1.39. The fourth-order valence-electron chi connectivity index (χ4n) is 1.87. The van der Waals surface area contributed by atoms with E-state index in [-0.39, 0.29) is 6.04 Å². The lowest BCUT2D eigenvalue weighted by molar-refractivity contribution is 0.339. The topological polar surface area (TPSA) is 34.1 Å². The smallest absolute Gasteiger partial charge is 0.119 e. The van der Waals surface area contributed by atoms with Crippen molar-refractivity contribution in [3.63, 3.8) is 0 Å². The molecule has 0 aliphatic rings. The molecule has 0 aliphatic heterocycles. The van der Waals surface area contributed by atoms with Crippen molar-refractivity contribution >= 4 is 11.3 Å². The van der Waals surface area contributed by atoms with Crippen LogP contribution < -0.4 is 10.1 Å². The highest BCUT2D eigenvalue weighted by atomic mass is 32.1. The third kappa shape index (κ3) is 4.04. The van der Waals surface area contributed by atoms with Gasteiger partial charge in [-0.2, -0.15) is 0 Å². The molecule has 1 aromatic carbocycles. The summed E-state index contributed by atoms with van der Waals surface area (Å²) in [7, 11) is 0. The lowest BCUT2D eigenvalue weighted by atomic mass is 10.2. The van der Waals surface area contributed by atoms with Crippen LogP contribution in [-0.4, -0.2) is 11.6 Å². The number of benzene rings is 1. The molecule has 0 spiro atoms. The summed E-state index contributed by atoms with van der Waals surface area (Å²) in [6, 6.07) is 8.46. The summed E-state index contributed by atoms with van der Waals surface area (Å²) in [5, 5.41) is 6.71. The van der Waals surface area contributed by atoms with Gasteiger partial charge in [0.15, 0.2) is 0 Å². The molecule has 1 unspecified atom stereocenters. The van der Waals surface area contributed by atoms with Gasteiger partial charge in [-0.25, -0.2) is 4.98 Å². The van der Waals surface area contributed by atoms with E-state index >= 15 is 0 Å². The Bertz CT molecular complexity index is 524. The monoisotopic (exact) mass is 276 g/mol. The van der Waals surface area contributed by atoms with Gasteiger partial charge in [0, 0.05) is 18.0 Å². The van der Waals surface area contributed by atoms with Crippen molar-refractivity contribution in [2.45, 2.75) is 33.4 Å². The second-order valence-corrected chi connectivity index (χ2v) is 5.54. The molecule has 0 saturated heterocycles. The van der Waals surface area contributed by atoms with Crippen molar-refractivity contribution < 1.29 is 4.74 Å². The molecule has 3 nitrogen and oxygen atoms in total. The summed E-state index contributed by atoms with van der Waals surface area (Å²) in [6.45, 7) is 7.69. The third-order valence-electron chi connectivity index (χ3n) is 2.90. The Morgan fingerprint density at radius 3 is 2.95 bits per heavy atom. The van der Waals surface area contributed by atoms with Gasteiger partial charge in [0.2, 0.25) is 0 Å². The van der Waals surface area contributed by atoms with Crippen LogP contribution in [0.4, 0.5) is 0 Å². The molecule has 2 rings (SSSR count). The van der Waals surface area contributed by atoms with Crippen LogP contribution in [-0.2, 0) is 6.54 Å². The highest BCUT2D eigenvalue weighted by molar-refractivity contribution is 7.09. The molecule has 1 aromatic heterocycles. The van der Waals surface area contributed by atoms with E-state index < -0.39 is 0 Å². The Balaban J connectivity index is 1.93. The molecule has 19 heavy (non-hydrogen) atoms. The summed E-state index contributed by atoms with van der Waals surface area (Å²) in [6.07, 6.45) is 0. The van der Waals surface area contributed by atoms with E-state index in [2.05, 4.69) is 34.7 Å². The van der Waals surface area contributed by atoms with Crippen LogP contribution >= 0.6 is 11.3 Å². The van der Waals surface area contributed by atoms with Gasteiger partial charge in [0.05, 0.1) is 17.3 Å². The molecule has 1 N–H and O–H groups in total. The van der Waals surface area contributed by atoms with Gasteiger partial charge in [-0.05, 0) is 38.5 Å². The second-order valence-electron chi connectivity index (χ2n) is 4.47. The quantitative estimate of drug-likeness (QED) is 0.873. The molecule has 0 radical (unpaired) electrons. The number of aryl methyl sites for hydroxylation is 1. The molecule has 4 heteroatoms. The van der Waals surface area contributed by atoms with Crippen LogP contribution in [0.1, 0.15) is 36.2 Å². The molecular formula is C15H20N2OS. The highest BCUT2D eigenvalue weighted by Gasteiger charge is 2.08. The third-order valence-corrected chi connectivity index (χ3v) is 3.69. The van der Waals surface area contributed by atoms with Crippen LogP contribution in [0.5, 0.6) is 5.75 Å². The summed E-state index contributed by atoms with van der Waals surface area (Å²) in [5.74, 6) is 0.930. The number of hydrogen-bond donors (Lipinski definition) is 1. The Labute approximate surface area is 118 Å². The summed E-state index contributed by atoms with van der Waals surface area (Å²) in [5.41, 5.74) is 2.34. The zero-order valence-electron chi connectivity index (χ0n) is 11.6. The molecule has 1 heterocycles. The van der Waals surface area contributed by atoms with Gasteiger partial charge < -0.3 is 10.1 Å². The van der Waals surface area contributed by atoms with Gasteiger partial charge in [-0.1, -0.05) is 12.1 Å². The summed E-state index contributed by atoms with van der Waals surface area (Å²) < 4.78 is 5.50. The minimum Gasteiger partial charge on any atom is -0.494 e. The van der Waals surface area contributed by atoms with E-state index in [9.17, 15) is 0 Å². The van der Waals surface area contributed by atoms with Crippen molar-refractivity contribution in [1.29, 1.82) is 0 Å². The number of thiazole rings is 1. The maximum atomic E-state index is 5.50. The van der Waals surface area contributed by atoms with Gasteiger partial charge in [0.25, 0.3) is 0 Å². The predicted molar refractivity (Wildman–Crippen MR) is 79.7 cm³/mol. The van der Waals surface area contributed by atoms with E-state index in [1.807, 2.05) is 26.0 Å². The number of aromatic nitrogens is 1. The number of nitrogens with zero attached hydrogens (tertiary/aromatic N) is 1. The zero-order valence-corrected chi connectivity index (χ0v) is 12.5. The van der Waals surface area contributed by atoms with Crippen LogP contribution in [0.3, 0.4) is 0 Å². The molecule has 2 aromatic rings. The SMILES string of the molecule is CCOc1cccc(CNC(C)c2csc(C)n2)c1. The molecule has 0 aliphatic carbocycles. The molecule has 0 fully saturated rings. The van der Waals surface area contributed by atoms with Crippen LogP contribution in [0, 0.1) is 6.92 Å². The Kier molecular flexibility index (Phi) is 4.93. The van der Waals surface area contributed by atoms with E-state index in [1.165, 1.54) is 5.56 Å². The van der Waals surface area contributed by atoms with Crippen molar-refractivity contribution in [2.75, 3.05) is 6.61 Å². The normalized spacial score (nSPS) is 12.4. The predicted octanol–water partition coefficient (Wildman–Crippen LogP) is 3.70. The number of ether oxygens (including phenoxy) is 1. The van der Waals surface area contributed by atoms with Crippen LogP contribution in [0.2, 0.25) is 0 Å². The maximum Gasteiger partial charge on any atom is 0.119 e. The lowest BCUT2D eigenvalue weighted by Gasteiger charge is -2.12. The van der Waals surface area contributed by atoms with Crippen molar-refractivity contribution in [3.8, 4) is 5.75 Å². The second kappa shape index (κ2) is 6.68. The molecule has 0 bridgehead atoms. The highest BCUT2D eigenvalue weighted by Crippen LogP contribution is 2.17. The van der Waals surface area contributed by atoms with Gasteiger partial charge in [-0.3, -0.25) is 0 Å². The van der Waals surface area contributed by atoms with Crippen molar-refractivity contribution in [2.24, 2.45) is 0 Å². The van der Waals surface area contributed by atoms with Crippen molar-refractivity contribution in [1.82, 2.24) is 10.3 Å². The van der Waals surface area contributed by atoms with Gasteiger partial charge >= 0.3 is 0 Å². The largest absolute Gasteiger partial charge is 0.494 e. The molecule has 0 saturated carbocycles. The molecule has 0 amide bonds. The van der Waals surface area contributed by atoms with E-state index in [4.69, 9.17) is 4.74 Å². The first-order valence-corrected chi connectivity index (χ1v) is 7.44. The van der Waals surface area contributed by atoms with Crippen LogP contribution in [0.15, 0.2) is 29.6 Å². The molecule has 1 atom stereocenters. The fourth-order valence-corrected chi connectivity index (χ4v) is 2.57. The van der Waals surface area contributed by atoms with Gasteiger partial charge in [-0.15, -0.1) is 11.3 Å². The first-order valence-electron chi connectivity index (χ1n) is 6.56. The summed E-state index contributed by atoms with van der Waals surface area (Å²) >= 11 is 1.69. The van der Waals surface area contributed by atoms with E-state index in [0.717, 1.165) is 23.0 Å². The molecule has 102 valence electrons. The Morgan fingerprint density at radius 1 is 1.42 bits per heavy atom. The Morgan fingerprint density at radius 2 is 2.26 bits per heavy atom. The van der Waals surface area contributed by atoms with Crippen LogP contribution in [0.25, 0.3) is 0 Å². The van der Waals surface area contributed by atoms with E-state index in [1.54, 1.807) is 11.3 Å². The molecular weight excluding hydrogens is 256 g/mol. The standard InChI is InChI=1S/C15H20N2OS/c1-4-18-14-7-5-6-13(8-14)9-16-11(2)15-10-19-12(3)17-15/h5-8,10-11,16H,4,9H2,1-3H3. The minimum atomic E-state index is 0.265. The minimum absolute atomic E-state index is 0.265. The number of nitrogens with one attached hydrogen (secondary N) is 1. The van der Waals surface area contributed by atoms with Crippen molar-refractivity contribution in [3.05, 3.63) is 45.9 Å². The maximum absolute atomic E-state index is 5.50. The zero-order chi connectivity index (χ0) is 13.7.